The number of carbonyl (C=O) groups excluding carboxylic acids is 1. The molecule has 0 fully saturated rings. The second-order valence-electron chi connectivity index (χ2n) is 7.20. The van der Waals surface area contributed by atoms with E-state index in [0.717, 1.165) is 27.8 Å². The molecule has 1 atom stereocenters. The molecule has 2 heterocycles. The zero-order valence-corrected chi connectivity index (χ0v) is 17.7. The van der Waals surface area contributed by atoms with Crippen LogP contribution in [0.25, 0.3) is 22.1 Å². The predicted octanol–water partition coefficient (Wildman–Crippen LogP) is 3.95. The minimum Gasteiger partial charge on any atom is -0.497 e. The Hall–Kier alpha value is -4.13. The van der Waals surface area contributed by atoms with Crippen molar-refractivity contribution >= 4 is 16.9 Å². The molecule has 0 spiro atoms. The lowest BCUT2D eigenvalue weighted by molar-refractivity contribution is -0.127. The second-order valence-corrected chi connectivity index (χ2v) is 7.20. The number of ether oxygens (including phenoxy) is 2. The number of rotatable bonds is 7. The van der Waals surface area contributed by atoms with E-state index in [2.05, 4.69) is 10.3 Å². The van der Waals surface area contributed by atoms with Crippen LogP contribution in [-0.2, 0) is 11.3 Å². The molecule has 0 bridgehead atoms. The van der Waals surface area contributed by atoms with Crippen LogP contribution >= 0.6 is 0 Å². The molecule has 2 aromatic carbocycles. The van der Waals surface area contributed by atoms with Gasteiger partial charge in [-0.2, -0.15) is 0 Å². The van der Waals surface area contributed by atoms with Gasteiger partial charge in [-0.1, -0.05) is 18.2 Å². The van der Waals surface area contributed by atoms with E-state index in [1.165, 1.54) is 6.07 Å². The zero-order chi connectivity index (χ0) is 22.5. The van der Waals surface area contributed by atoms with E-state index in [-0.39, 0.29) is 5.91 Å². The average molecular weight is 430 g/mol. The van der Waals surface area contributed by atoms with Gasteiger partial charge in [0, 0.05) is 36.5 Å². The highest BCUT2D eigenvalue weighted by molar-refractivity contribution is 5.94. The fraction of sp³-hybridized carbons (Fsp3) is 0.160. The first-order chi connectivity index (χ1) is 15.5. The van der Waals surface area contributed by atoms with Crippen LogP contribution in [0, 0.1) is 0 Å². The monoisotopic (exact) mass is 430 g/mol. The van der Waals surface area contributed by atoms with Crippen LogP contribution in [-0.4, -0.2) is 24.1 Å². The van der Waals surface area contributed by atoms with Crippen molar-refractivity contribution in [3.05, 3.63) is 89.0 Å². The first kappa shape index (κ1) is 21.1. The van der Waals surface area contributed by atoms with Gasteiger partial charge >= 0.3 is 5.63 Å². The second kappa shape index (κ2) is 9.34. The maximum atomic E-state index is 12.4. The van der Waals surface area contributed by atoms with E-state index in [1.807, 2.05) is 42.5 Å². The Morgan fingerprint density at radius 3 is 2.59 bits per heavy atom. The molecule has 2 aromatic heterocycles. The van der Waals surface area contributed by atoms with Gasteiger partial charge in [-0.15, -0.1) is 0 Å². The van der Waals surface area contributed by atoms with Crippen molar-refractivity contribution in [1.82, 2.24) is 10.3 Å². The lowest BCUT2D eigenvalue weighted by Gasteiger charge is -2.15. The molecule has 7 nitrogen and oxygen atoms in total. The van der Waals surface area contributed by atoms with E-state index in [4.69, 9.17) is 13.9 Å². The van der Waals surface area contributed by atoms with Crippen molar-refractivity contribution in [2.24, 2.45) is 0 Å². The maximum absolute atomic E-state index is 12.4. The number of hydrogen-bond acceptors (Lipinski definition) is 6. The van der Waals surface area contributed by atoms with E-state index >= 15 is 0 Å². The molecule has 4 aromatic rings. The molecule has 0 aliphatic rings. The van der Waals surface area contributed by atoms with Crippen LogP contribution in [0.2, 0.25) is 0 Å². The molecule has 0 saturated heterocycles. The summed E-state index contributed by atoms with van der Waals surface area (Å²) in [5.74, 6) is 0.895. The van der Waals surface area contributed by atoms with Crippen molar-refractivity contribution in [1.29, 1.82) is 0 Å². The summed E-state index contributed by atoms with van der Waals surface area (Å²) >= 11 is 0. The highest BCUT2D eigenvalue weighted by Crippen LogP contribution is 2.31. The van der Waals surface area contributed by atoms with E-state index in [1.54, 1.807) is 38.6 Å². The standard InChI is InChI=1S/C25H22N2O5/c1-16(25(29)27-15-17-4-3-11-26-14-17)31-20-9-10-21-22(13-24(28)32-23(21)12-20)18-5-7-19(30-2)8-6-18/h3-14,16H,15H2,1-2H3,(H,27,29)/t16-/m1/s1. The Labute approximate surface area is 184 Å². The number of fused-ring (bicyclic) bond motifs is 1. The van der Waals surface area contributed by atoms with E-state index < -0.39 is 11.7 Å². The van der Waals surface area contributed by atoms with Gasteiger partial charge in [-0.3, -0.25) is 9.78 Å². The van der Waals surface area contributed by atoms with Gasteiger partial charge in [-0.25, -0.2) is 4.79 Å². The molecule has 1 amide bonds. The third-order valence-corrected chi connectivity index (χ3v) is 4.99. The third-order valence-electron chi connectivity index (χ3n) is 4.99. The molecule has 0 aliphatic heterocycles. The third kappa shape index (κ3) is 4.78. The summed E-state index contributed by atoms with van der Waals surface area (Å²) in [6.45, 7) is 2.02. The molecular weight excluding hydrogens is 408 g/mol. The molecule has 32 heavy (non-hydrogen) atoms. The zero-order valence-electron chi connectivity index (χ0n) is 17.7. The summed E-state index contributed by atoms with van der Waals surface area (Å²) in [4.78, 5) is 28.6. The molecule has 0 saturated carbocycles. The summed E-state index contributed by atoms with van der Waals surface area (Å²) < 4.78 is 16.4. The fourth-order valence-corrected chi connectivity index (χ4v) is 3.32. The Morgan fingerprint density at radius 1 is 1.09 bits per heavy atom. The SMILES string of the molecule is COc1ccc(-c2cc(=O)oc3cc(O[C@H](C)C(=O)NCc4cccnc4)ccc23)cc1. The first-order valence-electron chi connectivity index (χ1n) is 10.1. The first-order valence-corrected chi connectivity index (χ1v) is 10.1. The van der Waals surface area contributed by atoms with Crippen LogP contribution in [0.3, 0.4) is 0 Å². The van der Waals surface area contributed by atoms with Crippen molar-refractivity contribution < 1.29 is 18.7 Å². The van der Waals surface area contributed by atoms with Crippen LogP contribution in [0.15, 0.2) is 82.3 Å². The van der Waals surface area contributed by atoms with Gasteiger partial charge in [0.05, 0.1) is 7.11 Å². The number of pyridine rings is 1. The quantitative estimate of drug-likeness (QED) is 0.447. The number of aromatic nitrogens is 1. The van der Waals surface area contributed by atoms with Crippen LogP contribution in [0.4, 0.5) is 0 Å². The molecule has 0 unspecified atom stereocenters. The fourth-order valence-electron chi connectivity index (χ4n) is 3.32. The van der Waals surface area contributed by atoms with E-state index in [9.17, 15) is 9.59 Å². The Balaban J connectivity index is 1.53. The smallest absolute Gasteiger partial charge is 0.336 e. The van der Waals surface area contributed by atoms with Gasteiger partial charge in [0.25, 0.3) is 5.91 Å². The van der Waals surface area contributed by atoms with Crippen molar-refractivity contribution in [3.8, 4) is 22.6 Å². The summed E-state index contributed by atoms with van der Waals surface area (Å²) in [5, 5.41) is 3.58. The lowest BCUT2D eigenvalue weighted by Crippen LogP contribution is -2.35. The predicted molar refractivity (Wildman–Crippen MR) is 121 cm³/mol. The topological polar surface area (TPSA) is 90.7 Å². The number of amides is 1. The highest BCUT2D eigenvalue weighted by atomic mass is 16.5. The molecule has 162 valence electrons. The molecule has 0 aliphatic carbocycles. The molecule has 4 rings (SSSR count). The van der Waals surface area contributed by atoms with Crippen LogP contribution in [0.5, 0.6) is 11.5 Å². The molecular formula is C25H22N2O5. The van der Waals surface area contributed by atoms with Gasteiger partial charge in [0.1, 0.15) is 17.1 Å². The number of carbonyl (C=O) groups is 1. The number of benzene rings is 2. The van der Waals surface area contributed by atoms with Crippen LogP contribution < -0.4 is 20.4 Å². The van der Waals surface area contributed by atoms with Crippen molar-refractivity contribution in [2.75, 3.05) is 7.11 Å². The Morgan fingerprint density at radius 2 is 1.88 bits per heavy atom. The summed E-state index contributed by atoms with van der Waals surface area (Å²) in [7, 11) is 1.60. The van der Waals surface area contributed by atoms with Gasteiger partial charge in [0.2, 0.25) is 0 Å². The number of nitrogens with one attached hydrogen (secondary N) is 1. The molecule has 0 radical (unpaired) electrons. The van der Waals surface area contributed by atoms with Crippen molar-refractivity contribution in [2.45, 2.75) is 19.6 Å². The summed E-state index contributed by atoms with van der Waals surface area (Å²) in [6.07, 6.45) is 2.63. The van der Waals surface area contributed by atoms with Gasteiger partial charge < -0.3 is 19.2 Å². The average Bonchev–Trinajstić information content (AvgIpc) is 2.82. The maximum Gasteiger partial charge on any atom is 0.336 e. The Kier molecular flexibility index (Phi) is 6.17. The molecule has 7 heteroatoms. The normalized spacial score (nSPS) is 11.7. The van der Waals surface area contributed by atoms with Gasteiger partial charge in [-0.05, 0) is 53.9 Å². The summed E-state index contributed by atoms with van der Waals surface area (Å²) in [6, 6.07) is 17.8. The number of nitrogens with zero attached hydrogens (tertiary/aromatic N) is 1. The largest absolute Gasteiger partial charge is 0.497 e. The number of hydrogen-bond donors (Lipinski definition) is 1. The highest BCUT2D eigenvalue weighted by Gasteiger charge is 2.16. The minimum atomic E-state index is -0.736. The lowest BCUT2D eigenvalue weighted by atomic mass is 10.0. The van der Waals surface area contributed by atoms with Gasteiger partial charge in [0.15, 0.2) is 6.10 Å². The summed E-state index contributed by atoms with van der Waals surface area (Å²) in [5.41, 5.74) is 2.41. The minimum absolute atomic E-state index is 0.262. The van der Waals surface area contributed by atoms with Crippen molar-refractivity contribution in [3.63, 3.8) is 0 Å². The van der Waals surface area contributed by atoms with Crippen LogP contribution in [0.1, 0.15) is 12.5 Å². The number of methoxy groups -OCH3 is 1. The van der Waals surface area contributed by atoms with E-state index in [0.29, 0.717) is 17.9 Å². The Bertz CT molecular complexity index is 1280. The molecule has 1 N–H and O–H groups in total.